The highest BCUT2D eigenvalue weighted by Crippen LogP contribution is 2.41. The van der Waals surface area contributed by atoms with Gasteiger partial charge in [-0.15, -0.1) is 0 Å². The van der Waals surface area contributed by atoms with Crippen molar-refractivity contribution in [3.8, 4) is 0 Å². The topological polar surface area (TPSA) is 41.6 Å². The summed E-state index contributed by atoms with van der Waals surface area (Å²) in [5, 5.41) is 3.55. The summed E-state index contributed by atoms with van der Waals surface area (Å²) >= 11 is 0. The van der Waals surface area contributed by atoms with E-state index >= 15 is 0 Å². The van der Waals surface area contributed by atoms with E-state index in [4.69, 9.17) is 4.74 Å². The number of carbonyl (C=O) groups excluding carboxylic acids is 1. The van der Waals surface area contributed by atoms with Crippen LogP contribution in [0.3, 0.4) is 0 Å². The second-order valence-corrected chi connectivity index (χ2v) is 7.45. The van der Waals surface area contributed by atoms with Crippen molar-refractivity contribution in [2.24, 2.45) is 11.8 Å². The maximum Gasteiger partial charge on any atom is 0.327 e. The molecule has 4 nitrogen and oxygen atoms in total. The van der Waals surface area contributed by atoms with Crippen LogP contribution in [0.4, 0.5) is 0 Å². The predicted molar refractivity (Wildman–Crippen MR) is 87.3 cm³/mol. The molecule has 1 aliphatic carbocycles. The third-order valence-electron chi connectivity index (χ3n) is 4.15. The number of nitrogens with one attached hydrogen (secondary N) is 1. The summed E-state index contributed by atoms with van der Waals surface area (Å²) in [7, 11) is 1.50. The van der Waals surface area contributed by atoms with E-state index in [1.807, 2.05) is 0 Å². The SMILES string of the molecule is COC(=O)C(CN(CC(C)C)C(C)C)(NC(C)C)C1CC1. The van der Waals surface area contributed by atoms with E-state index in [2.05, 4.69) is 51.8 Å². The largest absolute Gasteiger partial charge is 0.468 e. The minimum absolute atomic E-state index is 0.104. The zero-order valence-corrected chi connectivity index (χ0v) is 14.9. The van der Waals surface area contributed by atoms with Crippen LogP contribution in [0.1, 0.15) is 54.4 Å². The Morgan fingerprint density at radius 2 is 1.81 bits per heavy atom. The Morgan fingerprint density at radius 1 is 1.24 bits per heavy atom. The zero-order chi connectivity index (χ0) is 16.2. The quantitative estimate of drug-likeness (QED) is 0.665. The second kappa shape index (κ2) is 7.59. The standard InChI is InChI=1S/C17H34N2O2/c1-12(2)10-19(14(5)6)11-17(15-8-9-15,16(20)21-7)18-13(3)4/h12-15,18H,8-11H2,1-7H3. The van der Waals surface area contributed by atoms with E-state index in [-0.39, 0.29) is 12.0 Å². The number of carbonyl (C=O) groups is 1. The van der Waals surface area contributed by atoms with Gasteiger partial charge < -0.3 is 4.74 Å². The molecule has 0 aliphatic heterocycles. The number of methoxy groups -OCH3 is 1. The first-order chi connectivity index (χ1) is 9.72. The summed E-state index contributed by atoms with van der Waals surface area (Å²) in [6.07, 6.45) is 2.23. The molecule has 1 unspecified atom stereocenters. The normalized spacial score (nSPS) is 18.6. The van der Waals surface area contributed by atoms with Crippen molar-refractivity contribution in [2.45, 2.75) is 72.0 Å². The zero-order valence-electron chi connectivity index (χ0n) is 14.9. The molecule has 4 heteroatoms. The fourth-order valence-electron chi connectivity index (χ4n) is 3.10. The number of ether oxygens (including phenoxy) is 1. The molecule has 1 rings (SSSR count). The van der Waals surface area contributed by atoms with Crippen LogP contribution in [-0.2, 0) is 9.53 Å². The predicted octanol–water partition coefficient (Wildman–Crippen LogP) is 2.67. The van der Waals surface area contributed by atoms with E-state index < -0.39 is 5.54 Å². The molecule has 1 N–H and O–H groups in total. The van der Waals surface area contributed by atoms with Crippen LogP contribution >= 0.6 is 0 Å². The molecular weight excluding hydrogens is 264 g/mol. The minimum Gasteiger partial charge on any atom is -0.468 e. The van der Waals surface area contributed by atoms with Gasteiger partial charge in [-0.05, 0) is 52.4 Å². The molecule has 0 radical (unpaired) electrons. The highest BCUT2D eigenvalue weighted by molar-refractivity contribution is 5.82. The monoisotopic (exact) mass is 298 g/mol. The first kappa shape index (κ1) is 18.4. The molecule has 21 heavy (non-hydrogen) atoms. The van der Waals surface area contributed by atoms with Crippen LogP contribution in [0.5, 0.6) is 0 Å². The van der Waals surface area contributed by atoms with Gasteiger partial charge in [0.1, 0.15) is 5.54 Å². The van der Waals surface area contributed by atoms with Crippen molar-refractivity contribution in [1.29, 1.82) is 0 Å². The van der Waals surface area contributed by atoms with Crippen LogP contribution in [0.2, 0.25) is 0 Å². The van der Waals surface area contributed by atoms with Crippen LogP contribution < -0.4 is 5.32 Å². The lowest BCUT2D eigenvalue weighted by Gasteiger charge is -2.40. The smallest absolute Gasteiger partial charge is 0.327 e. The summed E-state index contributed by atoms with van der Waals surface area (Å²) in [5.41, 5.74) is -0.553. The average Bonchev–Trinajstić information content (AvgIpc) is 3.19. The second-order valence-electron chi connectivity index (χ2n) is 7.45. The minimum atomic E-state index is -0.553. The molecule has 1 aliphatic rings. The van der Waals surface area contributed by atoms with Crippen LogP contribution in [0.15, 0.2) is 0 Å². The van der Waals surface area contributed by atoms with Crippen molar-refractivity contribution in [3.63, 3.8) is 0 Å². The number of hydrogen-bond donors (Lipinski definition) is 1. The van der Waals surface area contributed by atoms with E-state index in [0.29, 0.717) is 17.9 Å². The molecule has 0 bridgehead atoms. The summed E-state index contributed by atoms with van der Waals surface area (Å²) in [6.45, 7) is 14.8. The fourth-order valence-corrected chi connectivity index (χ4v) is 3.10. The van der Waals surface area contributed by atoms with Crippen LogP contribution in [0.25, 0.3) is 0 Å². The lowest BCUT2D eigenvalue weighted by Crippen LogP contribution is -2.64. The van der Waals surface area contributed by atoms with Gasteiger partial charge >= 0.3 is 5.97 Å². The van der Waals surface area contributed by atoms with Gasteiger partial charge in [0.25, 0.3) is 0 Å². The van der Waals surface area contributed by atoms with Gasteiger partial charge in [-0.1, -0.05) is 13.8 Å². The van der Waals surface area contributed by atoms with Gasteiger partial charge in [0, 0.05) is 25.2 Å². The van der Waals surface area contributed by atoms with Gasteiger partial charge in [-0.25, -0.2) is 4.79 Å². The summed E-state index contributed by atoms with van der Waals surface area (Å²) in [5.74, 6) is 0.884. The van der Waals surface area contributed by atoms with Crippen LogP contribution in [-0.4, -0.2) is 48.7 Å². The van der Waals surface area contributed by atoms with Gasteiger partial charge in [-0.3, -0.25) is 10.2 Å². The first-order valence-electron chi connectivity index (χ1n) is 8.33. The molecule has 0 aromatic rings. The highest BCUT2D eigenvalue weighted by atomic mass is 16.5. The molecule has 124 valence electrons. The Morgan fingerprint density at radius 3 is 2.14 bits per heavy atom. The molecule has 1 fully saturated rings. The van der Waals surface area contributed by atoms with E-state index in [0.717, 1.165) is 25.9 Å². The van der Waals surface area contributed by atoms with Crippen molar-refractivity contribution in [3.05, 3.63) is 0 Å². The van der Waals surface area contributed by atoms with Crippen molar-refractivity contribution >= 4 is 5.97 Å². The Balaban J connectivity index is 3.00. The Bertz CT molecular complexity index is 338. The Hall–Kier alpha value is -0.610. The molecule has 0 heterocycles. The van der Waals surface area contributed by atoms with Crippen LogP contribution in [0, 0.1) is 11.8 Å². The first-order valence-corrected chi connectivity index (χ1v) is 8.33. The number of nitrogens with zero attached hydrogens (tertiary/aromatic N) is 1. The molecule has 0 aromatic heterocycles. The van der Waals surface area contributed by atoms with Gasteiger partial charge in [-0.2, -0.15) is 0 Å². The maximum absolute atomic E-state index is 12.6. The van der Waals surface area contributed by atoms with Gasteiger partial charge in [0.05, 0.1) is 7.11 Å². The van der Waals surface area contributed by atoms with E-state index in [1.54, 1.807) is 0 Å². The highest BCUT2D eigenvalue weighted by Gasteiger charge is 2.53. The van der Waals surface area contributed by atoms with E-state index in [9.17, 15) is 4.79 Å². The molecule has 0 aromatic carbocycles. The molecule has 1 atom stereocenters. The lowest BCUT2D eigenvalue weighted by molar-refractivity contribution is -0.151. The van der Waals surface area contributed by atoms with Gasteiger partial charge in [0.2, 0.25) is 0 Å². The maximum atomic E-state index is 12.6. The van der Waals surface area contributed by atoms with Crippen molar-refractivity contribution < 1.29 is 9.53 Å². The molecule has 0 saturated heterocycles. The molecule has 1 saturated carbocycles. The van der Waals surface area contributed by atoms with Crippen molar-refractivity contribution in [1.82, 2.24) is 10.2 Å². The fraction of sp³-hybridized carbons (Fsp3) is 0.941. The third kappa shape index (κ3) is 4.96. The van der Waals surface area contributed by atoms with Gasteiger partial charge in [0.15, 0.2) is 0 Å². The summed E-state index contributed by atoms with van der Waals surface area (Å²) in [6, 6.07) is 0.682. The Labute approximate surface area is 130 Å². The summed E-state index contributed by atoms with van der Waals surface area (Å²) in [4.78, 5) is 15.0. The summed E-state index contributed by atoms with van der Waals surface area (Å²) < 4.78 is 5.18. The third-order valence-corrected chi connectivity index (χ3v) is 4.15. The Kier molecular flexibility index (Phi) is 6.67. The molecule has 0 amide bonds. The number of hydrogen-bond acceptors (Lipinski definition) is 4. The number of rotatable bonds is 9. The van der Waals surface area contributed by atoms with E-state index in [1.165, 1.54) is 7.11 Å². The molecular formula is C17H34N2O2. The number of esters is 1. The van der Waals surface area contributed by atoms with Crippen molar-refractivity contribution in [2.75, 3.05) is 20.2 Å². The molecule has 0 spiro atoms. The average molecular weight is 298 g/mol. The lowest BCUT2D eigenvalue weighted by atomic mass is 9.90.